The molecule has 0 bridgehead atoms. The van der Waals surface area contributed by atoms with Gasteiger partial charge in [0.2, 0.25) is 0 Å². The van der Waals surface area contributed by atoms with E-state index in [1.54, 1.807) is 20.8 Å². The summed E-state index contributed by atoms with van der Waals surface area (Å²) < 4.78 is 22.0. The molecule has 0 aliphatic rings. The van der Waals surface area contributed by atoms with E-state index in [0.29, 0.717) is 31.0 Å². The van der Waals surface area contributed by atoms with Gasteiger partial charge in [-0.3, -0.25) is 0 Å². The first-order valence-electron chi connectivity index (χ1n) is 11.2. The number of methoxy groups -OCH3 is 1. The zero-order valence-corrected chi connectivity index (χ0v) is 20.6. The largest absolute Gasteiger partial charge is 0.467 e. The average Bonchev–Trinajstić information content (AvgIpc) is 2.61. The van der Waals surface area contributed by atoms with Gasteiger partial charge < -0.3 is 24.3 Å². The number of ether oxygens (including phenoxy) is 4. The van der Waals surface area contributed by atoms with Gasteiger partial charge >= 0.3 is 12.1 Å². The summed E-state index contributed by atoms with van der Waals surface area (Å²) in [5, 5.41) is 2.53. The minimum atomic E-state index is -0.940. The van der Waals surface area contributed by atoms with Crippen molar-refractivity contribution in [2.45, 2.75) is 92.4 Å². The second kappa shape index (κ2) is 14.6. The molecule has 0 aromatic rings. The third-order valence-electron chi connectivity index (χ3n) is 4.69. The molecule has 0 saturated carbocycles. The van der Waals surface area contributed by atoms with E-state index in [4.69, 9.17) is 18.9 Å². The summed E-state index contributed by atoms with van der Waals surface area (Å²) in [5.41, 5.74) is -0.661. The number of carbonyl (C=O) groups excluding carboxylic acids is 2. The predicted molar refractivity (Wildman–Crippen MR) is 118 cm³/mol. The fourth-order valence-corrected chi connectivity index (χ4v) is 3.10. The number of alkyl carbamates (subject to hydrolysis) is 1. The van der Waals surface area contributed by atoms with Crippen molar-refractivity contribution in [3.05, 3.63) is 0 Å². The lowest BCUT2D eigenvalue weighted by atomic mass is 9.84. The van der Waals surface area contributed by atoms with Gasteiger partial charge in [-0.1, -0.05) is 41.0 Å². The lowest BCUT2D eigenvalue weighted by Crippen LogP contribution is -2.47. The summed E-state index contributed by atoms with van der Waals surface area (Å²) in [4.78, 5) is 24.1. The van der Waals surface area contributed by atoms with Crippen LogP contribution in [0.1, 0.15) is 74.7 Å². The standard InChI is InChI=1S/C23H45NO6/c1-10-13-29-20(18(17(4)5)12-11-16(2)3)15-28-14-19(21(25)27-9)24-22(26)30-23(6,7)8/h16-20H,10-15H2,1-9H3,(H,24,26)/t18-,19-,20-/m0/s1. The maximum absolute atomic E-state index is 12.1. The highest BCUT2D eigenvalue weighted by atomic mass is 16.6. The Bertz CT molecular complexity index is 487. The van der Waals surface area contributed by atoms with Crippen molar-refractivity contribution in [1.29, 1.82) is 0 Å². The van der Waals surface area contributed by atoms with Gasteiger partial charge in [-0.25, -0.2) is 9.59 Å². The van der Waals surface area contributed by atoms with E-state index < -0.39 is 23.7 Å². The molecule has 178 valence electrons. The lowest BCUT2D eigenvalue weighted by Gasteiger charge is -2.31. The van der Waals surface area contributed by atoms with Crippen LogP contribution in [0.25, 0.3) is 0 Å². The summed E-state index contributed by atoms with van der Waals surface area (Å²) in [7, 11) is 1.28. The number of rotatable bonds is 14. The van der Waals surface area contributed by atoms with Crippen molar-refractivity contribution in [3.63, 3.8) is 0 Å². The first-order valence-corrected chi connectivity index (χ1v) is 11.2. The average molecular weight is 432 g/mol. The van der Waals surface area contributed by atoms with Crippen LogP contribution in [0.3, 0.4) is 0 Å². The van der Waals surface area contributed by atoms with Crippen LogP contribution in [0.4, 0.5) is 4.79 Å². The van der Waals surface area contributed by atoms with Crippen LogP contribution in [0.15, 0.2) is 0 Å². The first-order chi connectivity index (χ1) is 13.9. The smallest absolute Gasteiger partial charge is 0.408 e. The predicted octanol–water partition coefficient (Wildman–Crippen LogP) is 4.57. The molecular weight excluding hydrogens is 386 g/mol. The number of hydrogen-bond acceptors (Lipinski definition) is 6. The van der Waals surface area contributed by atoms with Crippen molar-refractivity contribution in [2.75, 3.05) is 26.9 Å². The number of hydrogen-bond donors (Lipinski definition) is 1. The quantitative estimate of drug-likeness (QED) is 0.406. The van der Waals surface area contributed by atoms with E-state index in [1.807, 2.05) is 0 Å². The van der Waals surface area contributed by atoms with Gasteiger partial charge in [0, 0.05) is 6.61 Å². The van der Waals surface area contributed by atoms with Crippen LogP contribution in [0.5, 0.6) is 0 Å². The molecule has 0 aromatic carbocycles. The molecule has 7 heteroatoms. The number of nitrogens with one attached hydrogen (secondary N) is 1. The van der Waals surface area contributed by atoms with Gasteiger partial charge in [0.05, 0.1) is 26.4 Å². The van der Waals surface area contributed by atoms with Crippen LogP contribution in [-0.4, -0.2) is 56.7 Å². The van der Waals surface area contributed by atoms with E-state index in [0.717, 1.165) is 19.3 Å². The van der Waals surface area contributed by atoms with Crippen LogP contribution in [-0.2, 0) is 23.7 Å². The number of carbonyl (C=O) groups is 2. The summed E-state index contributed by atoms with van der Waals surface area (Å²) >= 11 is 0. The zero-order valence-electron chi connectivity index (χ0n) is 20.6. The molecule has 1 N–H and O–H groups in total. The van der Waals surface area contributed by atoms with Gasteiger partial charge in [0.1, 0.15) is 5.60 Å². The van der Waals surface area contributed by atoms with Crippen molar-refractivity contribution in [3.8, 4) is 0 Å². The fourth-order valence-electron chi connectivity index (χ4n) is 3.10. The Balaban J connectivity index is 5.00. The fraction of sp³-hybridized carbons (Fsp3) is 0.913. The highest BCUT2D eigenvalue weighted by Gasteiger charge is 2.28. The van der Waals surface area contributed by atoms with Gasteiger partial charge in [-0.2, -0.15) is 0 Å². The molecule has 0 aromatic heterocycles. The molecule has 0 aliphatic carbocycles. The summed E-state index contributed by atoms with van der Waals surface area (Å²) in [6.45, 7) is 17.2. The van der Waals surface area contributed by atoms with Crippen LogP contribution in [0, 0.1) is 17.8 Å². The molecule has 1 amide bonds. The number of amides is 1. The monoisotopic (exact) mass is 431 g/mol. The summed E-state index contributed by atoms with van der Waals surface area (Å²) in [5.74, 6) is 0.854. The molecule has 3 atom stereocenters. The molecule has 0 radical (unpaired) electrons. The SMILES string of the molecule is CCCO[C@@H](COC[C@H](NC(=O)OC(C)(C)C)C(=O)OC)[C@@H](CCC(C)C)C(C)C. The van der Waals surface area contributed by atoms with E-state index in [-0.39, 0.29) is 12.7 Å². The van der Waals surface area contributed by atoms with E-state index >= 15 is 0 Å². The maximum Gasteiger partial charge on any atom is 0.408 e. The Morgan fingerprint density at radius 1 is 1.00 bits per heavy atom. The molecule has 0 saturated heterocycles. The van der Waals surface area contributed by atoms with Crippen LogP contribution >= 0.6 is 0 Å². The van der Waals surface area contributed by atoms with Crippen molar-refractivity contribution >= 4 is 12.1 Å². The lowest BCUT2D eigenvalue weighted by molar-refractivity contribution is -0.145. The second-order valence-electron chi connectivity index (χ2n) is 9.55. The van der Waals surface area contributed by atoms with Crippen molar-refractivity contribution < 1.29 is 28.5 Å². The first kappa shape index (κ1) is 28.7. The molecule has 0 heterocycles. The van der Waals surface area contributed by atoms with Crippen LogP contribution < -0.4 is 5.32 Å². The highest BCUT2D eigenvalue weighted by Crippen LogP contribution is 2.26. The number of esters is 1. The van der Waals surface area contributed by atoms with E-state index in [2.05, 4.69) is 39.9 Å². The molecule has 0 spiro atoms. The zero-order chi connectivity index (χ0) is 23.3. The summed E-state index contributed by atoms with van der Waals surface area (Å²) in [6, 6.07) is -0.940. The maximum atomic E-state index is 12.1. The third-order valence-corrected chi connectivity index (χ3v) is 4.69. The van der Waals surface area contributed by atoms with Crippen LogP contribution in [0.2, 0.25) is 0 Å². The Morgan fingerprint density at radius 2 is 1.63 bits per heavy atom. The van der Waals surface area contributed by atoms with Gasteiger partial charge in [0.25, 0.3) is 0 Å². The molecule has 0 fully saturated rings. The van der Waals surface area contributed by atoms with Gasteiger partial charge in [-0.05, 0) is 51.4 Å². The normalized spacial score (nSPS) is 15.0. The highest BCUT2D eigenvalue weighted by molar-refractivity contribution is 5.81. The Kier molecular flexibility index (Phi) is 14.0. The minimum Gasteiger partial charge on any atom is -0.467 e. The van der Waals surface area contributed by atoms with Crippen molar-refractivity contribution in [2.24, 2.45) is 17.8 Å². The molecule has 0 aliphatic heterocycles. The topological polar surface area (TPSA) is 83.1 Å². The van der Waals surface area contributed by atoms with Gasteiger partial charge in [0.15, 0.2) is 6.04 Å². The molecule has 30 heavy (non-hydrogen) atoms. The van der Waals surface area contributed by atoms with E-state index in [9.17, 15) is 9.59 Å². The van der Waals surface area contributed by atoms with E-state index in [1.165, 1.54) is 7.11 Å². The summed E-state index contributed by atoms with van der Waals surface area (Å²) in [6.07, 6.45) is 2.36. The van der Waals surface area contributed by atoms with Crippen molar-refractivity contribution in [1.82, 2.24) is 5.32 Å². The molecular formula is C23H45NO6. The Morgan fingerprint density at radius 3 is 2.10 bits per heavy atom. The molecule has 0 rings (SSSR count). The Hall–Kier alpha value is -1.34. The second-order valence-corrected chi connectivity index (χ2v) is 9.55. The minimum absolute atomic E-state index is 0.00705. The molecule has 7 nitrogen and oxygen atoms in total. The third kappa shape index (κ3) is 13.1. The molecule has 0 unspecified atom stereocenters. The van der Waals surface area contributed by atoms with Gasteiger partial charge in [-0.15, -0.1) is 0 Å². The Labute approximate surface area is 183 Å².